The van der Waals surface area contributed by atoms with Crippen molar-refractivity contribution in [1.82, 2.24) is 4.98 Å². The van der Waals surface area contributed by atoms with Gasteiger partial charge in [-0.1, -0.05) is 11.3 Å². The molecule has 0 aliphatic heterocycles. The average Bonchev–Trinajstić information content (AvgIpc) is 3.10. The summed E-state index contributed by atoms with van der Waals surface area (Å²) < 4.78 is 13.3. The number of nitrogens with two attached hydrogens (primary N) is 2. The first kappa shape index (κ1) is 21.7. The van der Waals surface area contributed by atoms with E-state index < -0.39 is 29.6 Å². The maximum Gasteiger partial charge on any atom is 0.409 e. The van der Waals surface area contributed by atoms with Gasteiger partial charge in [0.25, 0.3) is 0 Å². The highest BCUT2D eigenvalue weighted by atomic mass is 32.1. The van der Waals surface area contributed by atoms with Crippen molar-refractivity contribution >= 4 is 51.4 Å². The summed E-state index contributed by atoms with van der Waals surface area (Å²) in [5.74, 6) is -1.56. The van der Waals surface area contributed by atoms with E-state index in [9.17, 15) is 18.8 Å². The SMILES string of the molecule is CC(C(N)=O)N(c1ccc(F)cc1)c1nc(N)c(C(=O)c2ccc(NC(=O)O)cc2)s1. The van der Waals surface area contributed by atoms with Crippen molar-refractivity contribution in [3.63, 3.8) is 0 Å². The normalized spacial score (nSPS) is 11.5. The Labute approximate surface area is 180 Å². The first-order valence-corrected chi connectivity index (χ1v) is 9.74. The van der Waals surface area contributed by atoms with Crippen molar-refractivity contribution in [1.29, 1.82) is 0 Å². The van der Waals surface area contributed by atoms with E-state index in [0.29, 0.717) is 11.4 Å². The smallest absolute Gasteiger partial charge is 0.409 e. The summed E-state index contributed by atoms with van der Waals surface area (Å²) in [6, 6.07) is 10.3. The Morgan fingerprint density at radius 2 is 1.74 bits per heavy atom. The van der Waals surface area contributed by atoms with Gasteiger partial charge in [-0.25, -0.2) is 14.2 Å². The number of nitrogen functional groups attached to an aromatic ring is 1. The number of halogens is 1. The molecule has 0 radical (unpaired) electrons. The van der Waals surface area contributed by atoms with Crippen LogP contribution in [-0.4, -0.2) is 33.9 Å². The van der Waals surface area contributed by atoms with Gasteiger partial charge < -0.3 is 21.5 Å². The van der Waals surface area contributed by atoms with Gasteiger partial charge in [-0.3, -0.25) is 14.9 Å². The van der Waals surface area contributed by atoms with E-state index in [2.05, 4.69) is 10.3 Å². The lowest BCUT2D eigenvalue weighted by molar-refractivity contribution is -0.118. The summed E-state index contributed by atoms with van der Waals surface area (Å²) in [6.07, 6.45) is -1.22. The number of anilines is 4. The number of carboxylic acid groups (broad SMARTS) is 1. The van der Waals surface area contributed by atoms with Crippen molar-refractivity contribution in [2.24, 2.45) is 5.73 Å². The molecule has 3 rings (SSSR count). The molecule has 0 fully saturated rings. The van der Waals surface area contributed by atoms with Crippen LogP contribution in [0.2, 0.25) is 0 Å². The third kappa shape index (κ3) is 4.78. The first-order valence-electron chi connectivity index (χ1n) is 8.92. The summed E-state index contributed by atoms with van der Waals surface area (Å²) in [4.78, 5) is 41.3. The Morgan fingerprint density at radius 3 is 2.29 bits per heavy atom. The van der Waals surface area contributed by atoms with Crippen LogP contribution in [0.5, 0.6) is 0 Å². The Balaban J connectivity index is 1.96. The number of ketones is 1. The number of hydrogen-bond acceptors (Lipinski definition) is 7. The van der Waals surface area contributed by atoms with Crippen molar-refractivity contribution < 1.29 is 23.9 Å². The van der Waals surface area contributed by atoms with Crippen molar-refractivity contribution in [2.45, 2.75) is 13.0 Å². The van der Waals surface area contributed by atoms with Crippen LogP contribution >= 0.6 is 11.3 Å². The fourth-order valence-electron chi connectivity index (χ4n) is 2.77. The van der Waals surface area contributed by atoms with E-state index >= 15 is 0 Å². The number of hydrogen-bond donors (Lipinski definition) is 4. The molecule has 1 heterocycles. The third-order valence-corrected chi connectivity index (χ3v) is 5.43. The molecule has 3 aromatic rings. The van der Waals surface area contributed by atoms with Crippen LogP contribution in [0.25, 0.3) is 0 Å². The second-order valence-corrected chi connectivity index (χ2v) is 7.45. The maximum atomic E-state index is 13.3. The van der Waals surface area contributed by atoms with Crippen molar-refractivity contribution in [3.05, 3.63) is 64.8 Å². The summed E-state index contributed by atoms with van der Waals surface area (Å²) in [5, 5.41) is 11.2. The van der Waals surface area contributed by atoms with E-state index in [0.717, 1.165) is 11.3 Å². The number of nitrogens with one attached hydrogen (secondary N) is 1. The molecular weight excluding hydrogens is 425 g/mol. The van der Waals surface area contributed by atoms with Gasteiger partial charge in [0.1, 0.15) is 22.6 Å². The van der Waals surface area contributed by atoms with Crippen LogP contribution in [0.3, 0.4) is 0 Å². The second kappa shape index (κ2) is 8.79. The fraction of sp³-hybridized carbons (Fsp3) is 0.100. The zero-order valence-electron chi connectivity index (χ0n) is 16.2. The van der Waals surface area contributed by atoms with Crippen LogP contribution in [0.4, 0.5) is 31.5 Å². The standard InChI is InChI=1S/C20H18FN5O4S/c1-10(18(23)28)26(14-8-4-12(21)5-9-14)19-25-17(22)16(31-19)15(27)11-2-6-13(7-3-11)24-20(29)30/h2-10,24H,22H2,1H3,(H2,23,28)(H,29,30). The number of rotatable bonds is 7. The van der Waals surface area contributed by atoms with E-state index in [1.807, 2.05) is 0 Å². The van der Waals surface area contributed by atoms with Gasteiger partial charge in [0, 0.05) is 16.9 Å². The molecule has 160 valence electrons. The molecule has 0 saturated carbocycles. The highest BCUT2D eigenvalue weighted by Crippen LogP contribution is 2.36. The fourth-order valence-corrected chi connectivity index (χ4v) is 3.82. The number of carbonyl (C=O) groups excluding carboxylic acids is 2. The monoisotopic (exact) mass is 443 g/mol. The summed E-state index contributed by atoms with van der Waals surface area (Å²) in [5.41, 5.74) is 12.5. The average molecular weight is 443 g/mol. The lowest BCUT2D eigenvalue weighted by atomic mass is 10.1. The second-order valence-electron chi connectivity index (χ2n) is 6.47. The number of benzene rings is 2. The minimum atomic E-state index is -1.22. The predicted octanol–water partition coefficient (Wildman–Crippen LogP) is 3.20. The van der Waals surface area contributed by atoms with E-state index in [4.69, 9.17) is 16.6 Å². The third-order valence-electron chi connectivity index (χ3n) is 4.36. The quantitative estimate of drug-likeness (QED) is 0.409. The summed E-state index contributed by atoms with van der Waals surface area (Å²) >= 11 is 0.959. The van der Waals surface area contributed by atoms with Gasteiger partial charge in [0.05, 0.1) is 0 Å². The molecule has 2 amide bonds. The van der Waals surface area contributed by atoms with E-state index in [1.165, 1.54) is 53.4 Å². The molecule has 0 aliphatic rings. The molecule has 6 N–H and O–H groups in total. The molecule has 2 aromatic carbocycles. The molecule has 9 nitrogen and oxygen atoms in total. The van der Waals surface area contributed by atoms with Gasteiger partial charge in [0.2, 0.25) is 11.7 Å². The molecule has 1 aromatic heterocycles. The topological polar surface area (TPSA) is 152 Å². The highest BCUT2D eigenvalue weighted by Gasteiger charge is 2.27. The number of amides is 2. The Morgan fingerprint density at radius 1 is 1.13 bits per heavy atom. The summed E-state index contributed by atoms with van der Waals surface area (Å²) in [6.45, 7) is 1.55. The molecule has 1 atom stereocenters. The number of thiazole rings is 1. The predicted molar refractivity (Wildman–Crippen MR) is 115 cm³/mol. The largest absolute Gasteiger partial charge is 0.465 e. The van der Waals surface area contributed by atoms with Crippen LogP contribution in [0.15, 0.2) is 48.5 Å². The molecule has 0 saturated heterocycles. The molecular formula is C20H18FN5O4S. The Kier molecular flexibility index (Phi) is 6.16. The lowest BCUT2D eigenvalue weighted by Crippen LogP contribution is -2.39. The zero-order valence-corrected chi connectivity index (χ0v) is 17.0. The number of primary amides is 1. The zero-order chi connectivity index (χ0) is 22.7. The van der Waals surface area contributed by atoms with Crippen LogP contribution in [0.1, 0.15) is 22.2 Å². The molecule has 0 spiro atoms. The molecule has 1 unspecified atom stereocenters. The number of nitrogens with zero attached hydrogens (tertiary/aromatic N) is 2. The molecule has 0 bridgehead atoms. The van der Waals surface area contributed by atoms with Gasteiger partial charge in [0.15, 0.2) is 5.13 Å². The minimum absolute atomic E-state index is 0.0403. The van der Waals surface area contributed by atoms with Gasteiger partial charge >= 0.3 is 6.09 Å². The van der Waals surface area contributed by atoms with Gasteiger partial charge in [-0.05, 0) is 55.5 Å². The molecule has 11 heteroatoms. The summed E-state index contributed by atoms with van der Waals surface area (Å²) in [7, 11) is 0. The van der Waals surface area contributed by atoms with Crippen molar-refractivity contribution in [2.75, 3.05) is 16.0 Å². The first-order chi connectivity index (χ1) is 14.7. The Bertz CT molecular complexity index is 1130. The highest BCUT2D eigenvalue weighted by molar-refractivity contribution is 7.18. The van der Waals surface area contributed by atoms with E-state index in [1.54, 1.807) is 6.92 Å². The van der Waals surface area contributed by atoms with Gasteiger partial charge in [-0.15, -0.1) is 0 Å². The number of aromatic nitrogens is 1. The number of carbonyl (C=O) groups is 3. The van der Waals surface area contributed by atoms with Crippen molar-refractivity contribution in [3.8, 4) is 0 Å². The van der Waals surface area contributed by atoms with Crippen LogP contribution < -0.4 is 21.7 Å². The van der Waals surface area contributed by atoms with Gasteiger partial charge in [-0.2, -0.15) is 0 Å². The minimum Gasteiger partial charge on any atom is -0.465 e. The van der Waals surface area contributed by atoms with Crippen LogP contribution in [0, 0.1) is 5.82 Å². The molecule has 31 heavy (non-hydrogen) atoms. The Hall–Kier alpha value is -3.99. The lowest BCUT2D eigenvalue weighted by Gasteiger charge is -2.26. The van der Waals surface area contributed by atoms with Crippen LogP contribution in [-0.2, 0) is 4.79 Å². The molecule has 0 aliphatic carbocycles. The maximum absolute atomic E-state index is 13.3. The van der Waals surface area contributed by atoms with E-state index in [-0.39, 0.29) is 21.4 Å².